The zero-order valence-corrected chi connectivity index (χ0v) is 27.5. The molecule has 0 aromatic carbocycles. The predicted molar refractivity (Wildman–Crippen MR) is 128 cm³/mol. The van der Waals surface area contributed by atoms with E-state index in [1.54, 1.807) is 0 Å². The molecule has 26 heavy (non-hydrogen) atoms. The van der Waals surface area contributed by atoms with Gasteiger partial charge in [0.1, 0.15) is 0 Å². The first-order valence-corrected chi connectivity index (χ1v) is 28.2. The highest BCUT2D eigenvalue weighted by atomic mass is 28.5. The SMILES string of the molecule is C[SiH](C)O[SiH](C)O[SiH](C)O[SiH](C)O[SiH](C)O[SiH](C)O[SiH](C)O[Si](C)(C)C. The smallest absolute Gasteiger partial charge is 0.300 e. The van der Waals surface area contributed by atoms with Crippen LogP contribution in [0.25, 0.3) is 0 Å². The van der Waals surface area contributed by atoms with Crippen LogP contribution in [0.2, 0.25) is 72.0 Å². The summed E-state index contributed by atoms with van der Waals surface area (Å²) in [5, 5.41) is 0. The normalized spacial score (nSPS) is 19.8. The summed E-state index contributed by atoms with van der Waals surface area (Å²) in [5.41, 5.74) is 0. The van der Waals surface area contributed by atoms with Gasteiger partial charge in [-0.15, -0.1) is 0 Å². The summed E-state index contributed by atoms with van der Waals surface area (Å²) in [6.07, 6.45) is 0. The van der Waals surface area contributed by atoms with Gasteiger partial charge in [-0.2, -0.15) is 0 Å². The Hall–Kier alpha value is 1.46. The first kappa shape index (κ1) is 27.5. The van der Waals surface area contributed by atoms with Gasteiger partial charge in [-0.1, -0.05) is 0 Å². The van der Waals surface area contributed by atoms with E-state index in [-0.39, 0.29) is 0 Å². The maximum absolute atomic E-state index is 6.05. The minimum Gasteiger partial charge on any atom is -0.442 e. The van der Waals surface area contributed by atoms with Crippen molar-refractivity contribution in [1.82, 2.24) is 0 Å². The van der Waals surface area contributed by atoms with Crippen molar-refractivity contribution < 1.29 is 28.8 Å². The van der Waals surface area contributed by atoms with Gasteiger partial charge in [0, 0.05) is 0 Å². The van der Waals surface area contributed by atoms with Crippen LogP contribution < -0.4 is 0 Å². The fourth-order valence-electron chi connectivity index (χ4n) is 2.42. The molecule has 0 rings (SSSR count). The Kier molecular flexibility index (Phi) is 14.4. The lowest BCUT2D eigenvalue weighted by Crippen LogP contribution is -2.42. The van der Waals surface area contributed by atoms with E-state index in [0.717, 1.165) is 0 Å². The molecule has 0 aliphatic rings. The fraction of sp³-hybridized carbons (Fsp3) is 1.00. The molecule has 0 aliphatic heterocycles. The van der Waals surface area contributed by atoms with Crippen molar-refractivity contribution >= 4 is 73.1 Å². The predicted octanol–water partition coefficient (Wildman–Crippen LogP) is 1.02. The van der Waals surface area contributed by atoms with Crippen LogP contribution in [0.1, 0.15) is 0 Å². The van der Waals surface area contributed by atoms with Crippen LogP contribution in [0.5, 0.6) is 0 Å². The molecule has 0 saturated carbocycles. The van der Waals surface area contributed by atoms with Gasteiger partial charge in [-0.25, -0.2) is 0 Å². The topological polar surface area (TPSA) is 64.6 Å². The van der Waals surface area contributed by atoms with Crippen LogP contribution in [0.4, 0.5) is 0 Å². The van der Waals surface area contributed by atoms with Crippen LogP contribution in [-0.4, -0.2) is 73.1 Å². The summed E-state index contributed by atoms with van der Waals surface area (Å²) >= 11 is 0. The van der Waals surface area contributed by atoms with E-state index in [0.29, 0.717) is 0 Å². The maximum Gasteiger partial charge on any atom is 0.300 e. The van der Waals surface area contributed by atoms with Crippen LogP contribution >= 0.6 is 0 Å². The third kappa shape index (κ3) is 16.4. The van der Waals surface area contributed by atoms with Gasteiger partial charge in [0.05, 0.1) is 0 Å². The monoisotopic (exact) mass is 508 g/mol. The lowest BCUT2D eigenvalue weighted by atomic mass is 11.8. The summed E-state index contributed by atoms with van der Waals surface area (Å²) in [6.45, 7) is 23.2. The quantitative estimate of drug-likeness (QED) is 0.325. The van der Waals surface area contributed by atoms with E-state index in [1.807, 2.05) is 13.1 Å². The largest absolute Gasteiger partial charge is 0.442 e. The second kappa shape index (κ2) is 13.6. The Bertz CT molecular complexity index is 375. The number of hydrogen-bond acceptors (Lipinski definition) is 7. The Balaban J connectivity index is 4.11. The highest BCUT2D eigenvalue weighted by Gasteiger charge is 2.25. The molecule has 0 fully saturated rings. The molecular formula is C11H40O7Si8. The van der Waals surface area contributed by atoms with Gasteiger partial charge in [0.2, 0.25) is 0 Å². The van der Waals surface area contributed by atoms with Gasteiger partial charge in [-0.05, 0) is 72.0 Å². The van der Waals surface area contributed by atoms with Crippen LogP contribution in [0.3, 0.4) is 0 Å². The molecular weight excluding hydrogens is 469 g/mol. The van der Waals surface area contributed by atoms with E-state index < -0.39 is 73.1 Å². The minimum atomic E-state index is -1.74. The zero-order chi connectivity index (χ0) is 20.5. The second-order valence-corrected chi connectivity index (χ2v) is 28.1. The van der Waals surface area contributed by atoms with Crippen LogP contribution in [0, 0.1) is 0 Å². The Morgan fingerprint density at radius 2 is 0.692 bits per heavy atom. The summed E-state index contributed by atoms with van der Waals surface area (Å²) < 4.78 is 42.0. The molecule has 0 amide bonds. The molecule has 0 aromatic heterocycles. The molecule has 158 valence electrons. The van der Waals surface area contributed by atoms with Crippen molar-refractivity contribution in [2.75, 3.05) is 0 Å². The van der Waals surface area contributed by atoms with Gasteiger partial charge in [0.25, 0.3) is 55.7 Å². The van der Waals surface area contributed by atoms with Gasteiger partial charge in [0.15, 0.2) is 17.4 Å². The van der Waals surface area contributed by atoms with E-state index >= 15 is 0 Å². The highest BCUT2D eigenvalue weighted by molar-refractivity contribution is 6.77. The summed E-state index contributed by atoms with van der Waals surface area (Å²) in [4.78, 5) is 0. The molecule has 0 radical (unpaired) electrons. The van der Waals surface area contributed by atoms with Crippen molar-refractivity contribution in [2.45, 2.75) is 72.0 Å². The lowest BCUT2D eigenvalue weighted by Gasteiger charge is -2.27. The fourth-order valence-corrected chi connectivity index (χ4v) is 25.2. The molecule has 0 saturated heterocycles. The molecule has 0 aromatic rings. The Morgan fingerprint density at radius 3 is 0.962 bits per heavy atom. The third-order valence-electron chi connectivity index (χ3n) is 2.90. The number of rotatable bonds is 14. The Morgan fingerprint density at radius 1 is 0.423 bits per heavy atom. The first-order valence-electron chi connectivity index (χ1n) is 9.39. The highest BCUT2D eigenvalue weighted by Crippen LogP contribution is 2.08. The van der Waals surface area contributed by atoms with E-state index in [1.165, 1.54) is 0 Å². The van der Waals surface area contributed by atoms with Gasteiger partial charge < -0.3 is 28.8 Å². The van der Waals surface area contributed by atoms with Gasteiger partial charge in [-0.3, -0.25) is 0 Å². The van der Waals surface area contributed by atoms with Crippen molar-refractivity contribution in [3.63, 3.8) is 0 Å². The zero-order valence-electron chi connectivity index (χ0n) is 18.4. The Labute approximate surface area is 173 Å². The molecule has 0 heterocycles. The standard InChI is InChI=1S/C11H40O7Si8/c1-19(2)12-20(3)13-21(4)14-22(5)15-23(6)16-24(7)17-25(8)18-26(9,10)11/h19-25H,1-11H3. The molecule has 7 nitrogen and oxygen atoms in total. The van der Waals surface area contributed by atoms with Crippen LogP contribution in [0.15, 0.2) is 0 Å². The molecule has 6 unspecified atom stereocenters. The van der Waals surface area contributed by atoms with Crippen molar-refractivity contribution in [3.8, 4) is 0 Å². The molecule has 15 heteroatoms. The average Bonchev–Trinajstić information content (AvgIpc) is 2.32. The molecule has 0 bridgehead atoms. The van der Waals surface area contributed by atoms with Gasteiger partial charge >= 0.3 is 0 Å². The lowest BCUT2D eigenvalue weighted by molar-refractivity contribution is 0.320. The summed E-state index contributed by atoms with van der Waals surface area (Å²) in [6, 6.07) is 0. The molecule has 0 N–H and O–H groups in total. The maximum atomic E-state index is 6.05. The molecule has 6 atom stereocenters. The summed E-state index contributed by atoms with van der Waals surface area (Å²) in [7, 11) is -12.6. The summed E-state index contributed by atoms with van der Waals surface area (Å²) in [5.74, 6) is 0. The third-order valence-corrected chi connectivity index (χ3v) is 26.1. The van der Waals surface area contributed by atoms with E-state index in [4.69, 9.17) is 28.8 Å². The van der Waals surface area contributed by atoms with E-state index in [2.05, 4.69) is 58.9 Å². The van der Waals surface area contributed by atoms with Crippen LogP contribution in [-0.2, 0) is 28.8 Å². The molecule has 0 aliphatic carbocycles. The van der Waals surface area contributed by atoms with E-state index in [9.17, 15) is 0 Å². The van der Waals surface area contributed by atoms with Crippen molar-refractivity contribution in [3.05, 3.63) is 0 Å². The first-order chi connectivity index (χ1) is 11.8. The minimum absolute atomic E-state index is 1.03. The second-order valence-electron chi connectivity index (χ2n) is 7.50. The molecule has 0 spiro atoms. The van der Waals surface area contributed by atoms with Crippen molar-refractivity contribution in [1.29, 1.82) is 0 Å². The number of hydrogen-bond donors (Lipinski definition) is 0. The van der Waals surface area contributed by atoms with Crippen molar-refractivity contribution in [2.24, 2.45) is 0 Å². The average molecular weight is 509 g/mol.